The van der Waals surface area contributed by atoms with Gasteiger partial charge in [-0.3, -0.25) is 0 Å². The minimum atomic E-state index is 0.607. The third kappa shape index (κ3) is 6.52. The molecule has 0 aliphatic heterocycles. The number of allylic oxidation sites excluding steroid dienone is 3. The highest BCUT2D eigenvalue weighted by Gasteiger charge is 1.86. The van der Waals surface area contributed by atoms with E-state index in [0.717, 1.165) is 18.6 Å². The molecule has 0 unspecified atom stereocenters. The Morgan fingerprint density at radius 1 is 1.45 bits per heavy atom. The van der Waals surface area contributed by atoms with Crippen LogP contribution < -0.4 is 0 Å². The molecule has 0 nitrogen and oxygen atoms in total. The Bertz CT molecular complexity index is 132. The lowest BCUT2D eigenvalue weighted by Gasteiger charge is -1.96. The first-order chi connectivity index (χ1) is 5.35. The fourth-order valence-electron chi connectivity index (χ4n) is 0.715. The van der Waals surface area contributed by atoms with Gasteiger partial charge in [0.1, 0.15) is 0 Å². The van der Waals surface area contributed by atoms with Gasteiger partial charge in [0.2, 0.25) is 0 Å². The fourth-order valence-corrected chi connectivity index (χ4v) is 1.19. The first kappa shape index (κ1) is 11.1. The number of hydrogen-bond donors (Lipinski definition) is 1. The summed E-state index contributed by atoms with van der Waals surface area (Å²) in [5.74, 6) is 1.47. The summed E-state index contributed by atoms with van der Waals surface area (Å²) in [6, 6.07) is 0. The smallest absolute Gasteiger partial charge is 0.0404 e. The summed E-state index contributed by atoms with van der Waals surface area (Å²) < 4.78 is 0. The number of hydrogen-bond acceptors (Lipinski definition) is 1. The van der Waals surface area contributed by atoms with Crippen molar-refractivity contribution in [1.29, 1.82) is 0 Å². The molecule has 0 aliphatic rings. The van der Waals surface area contributed by atoms with Crippen molar-refractivity contribution >= 4 is 24.2 Å². The van der Waals surface area contributed by atoms with Gasteiger partial charge >= 0.3 is 0 Å². The second kappa shape index (κ2) is 8.22. The number of halogens is 1. The van der Waals surface area contributed by atoms with Crippen molar-refractivity contribution in [3.63, 3.8) is 0 Å². The molecule has 0 aromatic heterocycles. The van der Waals surface area contributed by atoms with Gasteiger partial charge in [-0.15, -0.1) is 11.6 Å². The lowest BCUT2D eigenvalue weighted by atomic mass is 10.2. The normalized spacial score (nSPS) is 12.8. The number of alkyl halides is 1. The van der Waals surface area contributed by atoms with Gasteiger partial charge in [0.25, 0.3) is 0 Å². The molecule has 0 aromatic rings. The Balaban J connectivity index is 3.61. The van der Waals surface area contributed by atoms with E-state index in [0.29, 0.717) is 5.88 Å². The van der Waals surface area contributed by atoms with E-state index < -0.39 is 0 Å². The van der Waals surface area contributed by atoms with Gasteiger partial charge in [0, 0.05) is 11.6 Å². The van der Waals surface area contributed by atoms with Crippen LogP contribution in [0.15, 0.2) is 23.8 Å². The summed E-state index contributed by atoms with van der Waals surface area (Å²) in [5, 5.41) is 0. The standard InChI is InChI=1S/C9H15ClS/c1-2-9(8-11)6-4-3-5-7-10/h3,5-6,11H,2,4,7-8H2,1H3/b5-3-,9-6+. The van der Waals surface area contributed by atoms with E-state index in [1.165, 1.54) is 5.57 Å². The van der Waals surface area contributed by atoms with Crippen LogP contribution in [-0.4, -0.2) is 11.6 Å². The average molecular weight is 191 g/mol. The first-order valence-electron chi connectivity index (χ1n) is 3.84. The number of thiol groups is 1. The fraction of sp³-hybridized carbons (Fsp3) is 0.556. The van der Waals surface area contributed by atoms with Crippen molar-refractivity contribution in [2.24, 2.45) is 0 Å². The minimum Gasteiger partial charge on any atom is -0.175 e. The van der Waals surface area contributed by atoms with Gasteiger partial charge in [0.15, 0.2) is 0 Å². The van der Waals surface area contributed by atoms with Gasteiger partial charge in [-0.25, -0.2) is 0 Å². The van der Waals surface area contributed by atoms with E-state index in [4.69, 9.17) is 11.6 Å². The zero-order chi connectivity index (χ0) is 8.53. The lowest BCUT2D eigenvalue weighted by molar-refractivity contribution is 1.09. The third-order valence-electron chi connectivity index (χ3n) is 1.46. The second-order valence-electron chi connectivity index (χ2n) is 2.24. The minimum absolute atomic E-state index is 0.607. The predicted octanol–water partition coefficient (Wildman–Crippen LogP) is 3.44. The van der Waals surface area contributed by atoms with Crippen LogP contribution in [0.5, 0.6) is 0 Å². The van der Waals surface area contributed by atoms with Crippen molar-refractivity contribution in [3.05, 3.63) is 23.8 Å². The maximum atomic E-state index is 5.46. The molecule has 0 saturated heterocycles. The molecule has 0 radical (unpaired) electrons. The summed E-state index contributed by atoms with van der Waals surface area (Å²) in [6.07, 6.45) is 8.32. The monoisotopic (exact) mass is 190 g/mol. The molecule has 0 fully saturated rings. The van der Waals surface area contributed by atoms with Crippen LogP contribution in [0.4, 0.5) is 0 Å². The maximum Gasteiger partial charge on any atom is 0.0404 e. The molecule has 0 atom stereocenters. The van der Waals surface area contributed by atoms with Crippen LogP contribution in [0, 0.1) is 0 Å². The van der Waals surface area contributed by atoms with Crippen molar-refractivity contribution in [2.75, 3.05) is 11.6 Å². The quantitative estimate of drug-likeness (QED) is 0.383. The van der Waals surface area contributed by atoms with Gasteiger partial charge in [0.05, 0.1) is 0 Å². The Morgan fingerprint density at radius 3 is 2.64 bits per heavy atom. The Morgan fingerprint density at radius 2 is 2.18 bits per heavy atom. The topological polar surface area (TPSA) is 0 Å². The van der Waals surface area contributed by atoms with E-state index in [2.05, 4.69) is 31.7 Å². The molecule has 0 N–H and O–H groups in total. The molecule has 0 bridgehead atoms. The van der Waals surface area contributed by atoms with Gasteiger partial charge < -0.3 is 0 Å². The summed E-state index contributed by atoms with van der Waals surface area (Å²) >= 11 is 9.66. The zero-order valence-electron chi connectivity index (χ0n) is 6.89. The zero-order valence-corrected chi connectivity index (χ0v) is 8.54. The lowest BCUT2D eigenvalue weighted by Crippen LogP contribution is -1.80. The molecular weight excluding hydrogens is 176 g/mol. The van der Waals surface area contributed by atoms with Gasteiger partial charge in [-0.05, 0) is 12.8 Å². The van der Waals surface area contributed by atoms with Crippen LogP contribution >= 0.6 is 24.2 Å². The van der Waals surface area contributed by atoms with E-state index in [-0.39, 0.29) is 0 Å². The second-order valence-corrected chi connectivity index (χ2v) is 2.86. The molecule has 0 spiro atoms. The van der Waals surface area contributed by atoms with Crippen LogP contribution in [-0.2, 0) is 0 Å². The van der Waals surface area contributed by atoms with Gasteiger partial charge in [-0.2, -0.15) is 12.6 Å². The summed E-state index contributed by atoms with van der Waals surface area (Å²) in [5.41, 5.74) is 1.40. The van der Waals surface area contributed by atoms with Crippen LogP contribution in [0.1, 0.15) is 19.8 Å². The molecule has 0 rings (SSSR count). The van der Waals surface area contributed by atoms with Crippen molar-refractivity contribution in [3.8, 4) is 0 Å². The highest BCUT2D eigenvalue weighted by Crippen LogP contribution is 2.04. The Hall–Kier alpha value is 0.120. The molecule has 0 amide bonds. The molecule has 64 valence electrons. The van der Waals surface area contributed by atoms with Crippen molar-refractivity contribution in [1.82, 2.24) is 0 Å². The van der Waals surface area contributed by atoms with Gasteiger partial charge in [-0.1, -0.05) is 30.7 Å². The third-order valence-corrected chi connectivity index (χ3v) is 2.04. The summed E-state index contributed by atoms with van der Waals surface area (Å²) in [7, 11) is 0. The summed E-state index contributed by atoms with van der Waals surface area (Å²) in [4.78, 5) is 0. The van der Waals surface area contributed by atoms with E-state index >= 15 is 0 Å². The van der Waals surface area contributed by atoms with Crippen LogP contribution in [0.2, 0.25) is 0 Å². The molecule has 0 heterocycles. The molecule has 0 aliphatic carbocycles. The molecule has 2 heteroatoms. The predicted molar refractivity (Wildman–Crippen MR) is 56.7 cm³/mol. The molecular formula is C9H15ClS. The Labute approximate surface area is 79.7 Å². The largest absolute Gasteiger partial charge is 0.175 e. The number of rotatable bonds is 5. The average Bonchev–Trinajstić information content (AvgIpc) is 2.05. The van der Waals surface area contributed by atoms with Crippen LogP contribution in [0.25, 0.3) is 0 Å². The Kier molecular flexibility index (Phi) is 8.31. The molecule has 11 heavy (non-hydrogen) atoms. The van der Waals surface area contributed by atoms with E-state index in [1.807, 2.05) is 6.08 Å². The SMILES string of the molecule is CC/C(=C\C/C=C\CCl)CS. The van der Waals surface area contributed by atoms with Crippen molar-refractivity contribution in [2.45, 2.75) is 19.8 Å². The van der Waals surface area contributed by atoms with Crippen LogP contribution in [0.3, 0.4) is 0 Å². The summed E-state index contributed by atoms with van der Waals surface area (Å²) in [6.45, 7) is 2.15. The first-order valence-corrected chi connectivity index (χ1v) is 5.01. The maximum absolute atomic E-state index is 5.46. The van der Waals surface area contributed by atoms with E-state index in [1.54, 1.807) is 0 Å². The van der Waals surface area contributed by atoms with E-state index in [9.17, 15) is 0 Å². The highest BCUT2D eigenvalue weighted by atomic mass is 35.5. The molecule has 0 saturated carbocycles. The highest BCUT2D eigenvalue weighted by molar-refractivity contribution is 7.80. The van der Waals surface area contributed by atoms with Crippen molar-refractivity contribution < 1.29 is 0 Å². The molecule has 0 aromatic carbocycles.